The molecule has 7 heteroatoms. The topological polar surface area (TPSA) is 78.5 Å². The Bertz CT molecular complexity index is 853. The molecule has 0 bridgehead atoms. The van der Waals surface area contributed by atoms with Crippen LogP contribution >= 0.6 is 11.8 Å². The second kappa shape index (κ2) is 6.59. The molecule has 4 atom stereocenters. The van der Waals surface area contributed by atoms with E-state index >= 15 is 0 Å². The van der Waals surface area contributed by atoms with Crippen molar-refractivity contribution < 1.29 is 14.4 Å². The summed E-state index contributed by atoms with van der Waals surface area (Å²) in [5.74, 6) is -0.675. The highest BCUT2D eigenvalue weighted by atomic mass is 32.2. The third kappa shape index (κ3) is 2.29. The molecule has 3 fully saturated rings. The quantitative estimate of drug-likeness (QED) is 0.758. The third-order valence-corrected chi connectivity index (χ3v) is 7.62. The Morgan fingerprint density at radius 2 is 1.89 bits per heavy atom. The Balaban J connectivity index is 1.61. The zero-order valence-corrected chi connectivity index (χ0v) is 16.8. The summed E-state index contributed by atoms with van der Waals surface area (Å²) >= 11 is 1.72. The van der Waals surface area contributed by atoms with E-state index in [-0.39, 0.29) is 29.8 Å². The molecule has 0 unspecified atom stereocenters. The molecule has 1 spiro atoms. The molecule has 3 heterocycles. The number of carbonyl (C=O) groups excluding carboxylic acids is 3. The number of fused-ring (bicyclic) bond motifs is 4. The number of nitrogens with one attached hydrogen (secondary N) is 2. The number of thioether (sulfide) groups is 1. The van der Waals surface area contributed by atoms with E-state index in [1.165, 1.54) is 4.90 Å². The molecule has 0 aromatic heterocycles. The predicted octanol–water partition coefficient (Wildman–Crippen LogP) is 2.10. The second-order valence-corrected chi connectivity index (χ2v) is 9.31. The van der Waals surface area contributed by atoms with Gasteiger partial charge in [-0.15, -0.1) is 0 Å². The molecule has 2 N–H and O–H groups in total. The summed E-state index contributed by atoms with van der Waals surface area (Å²) in [5.41, 5.74) is 0.407. The zero-order valence-electron chi connectivity index (χ0n) is 15.9. The first-order chi connectivity index (χ1) is 13.6. The molecule has 1 aromatic carbocycles. The van der Waals surface area contributed by atoms with Crippen LogP contribution in [0.3, 0.4) is 0 Å². The van der Waals surface area contributed by atoms with Crippen LogP contribution in [0.1, 0.15) is 37.7 Å². The lowest BCUT2D eigenvalue weighted by Crippen LogP contribution is -2.54. The Labute approximate surface area is 168 Å². The fourth-order valence-corrected chi connectivity index (χ4v) is 6.29. The summed E-state index contributed by atoms with van der Waals surface area (Å²) in [5, 5.41) is 6.44. The molecule has 148 valence electrons. The Kier molecular flexibility index (Phi) is 4.28. The van der Waals surface area contributed by atoms with Crippen LogP contribution in [-0.2, 0) is 19.9 Å². The van der Waals surface area contributed by atoms with Crippen molar-refractivity contribution in [3.05, 3.63) is 29.8 Å². The predicted molar refractivity (Wildman–Crippen MR) is 108 cm³/mol. The first-order valence-electron chi connectivity index (χ1n) is 10.1. The van der Waals surface area contributed by atoms with E-state index in [1.54, 1.807) is 11.8 Å². The average Bonchev–Trinajstić information content (AvgIpc) is 3.42. The molecule has 0 radical (unpaired) electrons. The number of hydrogen-bond donors (Lipinski definition) is 2. The standard InChI is InChI=1S/C21H25N3O3S/c1-28-11-10-15-16-17(19(26)24(18(16)25)12-6-2-3-7-12)21(23-15)13-8-4-5-9-14(13)22-20(21)27/h4-5,8-9,12,15-17,23H,2-3,6-7,10-11H2,1H3,(H,22,27)/t15-,16-,17-,21-/m0/s1. The van der Waals surface area contributed by atoms with Crippen molar-refractivity contribution >= 4 is 35.2 Å². The number of nitrogens with zero attached hydrogens (tertiary/aromatic N) is 1. The van der Waals surface area contributed by atoms with Crippen molar-refractivity contribution in [2.45, 2.75) is 49.7 Å². The van der Waals surface area contributed by atoms with E-state index in [2.05, 4.69) is 10.6 Å². The summed E-state index contributed by atoms with van der Waals surface area (Å²) < 4.78 is 0. The number of likely N-dealkylation sites (tertiary alicyclic amines) is 1. The number of imide groups is 1. The summed E-state index contributed by atoms with van der Waals surface area (Å²) in [6.07, 6.45) is 6.67. The van der Waals surface area contributed by atoms with Crippen LogP contribution in [0, 0.1) is 11.8 Å². The van der Waals surface area contributed by atoms with Crippen LogP contribution in [0.4, 0.5) is 5.69 Å². The van der Waals surface area contributed by atoms with Crippen LogP contribution < -0.4 is 10.6 Å². The third-order valence-electron chi connectivity index (χ3n) is 6.98. The van der Waals surface area contributed by atoms with Gasteiger partial charge < -0.3 is 5.32 Å². The lowest BCUT2D eigenvalue weighted by atomic mass is 9.76. The van der Waals surface area contributed by atoms with Gasteiger partial charge in [0.1, 0.15) is 5.54 Å². The number of benzene rings is 1. The van der Waals surface area contributed by atoms with Crippen molar-refractivity contribution in [3.8, 4) is 0 Å². The molecule has 4 aliphatic rings. The molecule has 28 heavy (non-hydrogen) atoms. The molecule has 3 aliphatic heterocycles. The number of para-hydroxylation sites is 1. The molecule has 3 amide bonds. The van der Waals surface area contributed by atoms with Gasteiger partial charge in [0.25, 0.3) is 0 Å². The maximum Gasteiger partial charge on any atom is 0.250 e. The van der Waals surface area contributed by atoms with Crippen LogP contribution in [0.25, 0.3) is 0 Å². The summed E-state index contributed by atoms with van der Waals surface area (Å²) in [7, 11) is 0. The fraction of sp³-hybridized carbons (Fsp3) is 0.571. The fourth-order valence-electron chi connectivity index (χ4n) is 5.80. The van der Waals surface area contributed by atoms with Gasteiger partial charge in [-0.3, -0.25) is 24.6 Å². The monoisotopic (exact) mass is 399 g/mol. The van der Waals surface area contributed by atoms with Gasteiger partial charge in [-0.1, -0.05) is 31.0 Å². The minimum absolute atomic E-state index is 0.00329. The smallest absolute Gasteiger partial charge is 0.250 e. The second-order valence-electron chi connectivity index (χ2n) is 8.33. The number of carbonyl (C=O) groups is 3. The van der Waals surface area contributed by atoms with Crippen molar-refractivity contribution in [2.75, 3.05) is 17.3 Å². The van der Waals surface area contributed by atoms with E-state index in [4.69, 9.17) is 0 Å². The molecule has 1 saturated carbocycles. The molecular formula is C21H25N3O3S. The molecule has 5 rings (SSSR count). The highest BCUT2D eigenvalue weighted by Crippen LogP contribution is 2.54. The first-order valence-corrected chi connectivity index (χ1v) is 11.5. The maximum atomic E-state index is 13.6. The molecule has 2 saturated heterocycles. The lowest BCUT2D eigenvalue weighted by Gasteiger charge is -2.31. The van der Waals surface area contributed by atoms with Crippen LogP contribution in [0.2, 0.25) is 0 Å². The highest BCUT2D eigenvalue weighted by Gasteiger charge is 2.70. The van der Waals surface area contributed by atoms with E-state index in [0.29, 0.717) is 0 Å². The van der Waals surface area contributed by atoms with Crippen LogP contribution in [0.5, 0.6) is 0 Å². The number of amides is 3. The van der Waals surface area contributed by atoms with Gasteiger partial charge in [-0.2, -0.15) is 11.8 Å². The Morgan fingerprint density at radius 3 is 2.64 bits per heavy atom. The van der Waals surface area contributed by atoms with Crippen molar-refractivity contribution in [1.29, 1.82) is 0 Å². The zero-order chi connectivity index (χ0) is 19.5. The Hall–Kier alpha value is -1.86. The Morgan fingerprint density at radius 1 is 1.14 bits per heavy atom. The highest BCUT2D eigenvalue weighted by molar-refractivity contribution is 7.98. The van der Waals surface area contributed by atoms with Gasteiger partial charge in [0.05, 0.1) is 11.8 Å². The summed E-state index contributed by atoms with van der Waals surface area (Å²) in [4.78, 5) is 41.8. The van der Waals surface area contributed by atoms with Crippen molar-refractivity contribution in [1.82, 2.24) is 10.2 Å². The van der Waals surface area contributed by atoms with Crippen LogP contribution in [-0.4, -0.2) is 46.7 Å². The molecule has 6 nitrogen and oxygen atoms in total. The normalized spacial score (nSPS) is 34.4. The van der Waals surface area contributed by atoms with E-state index in [9.17, 15) is 14.4 Å². The first kappa shape index (κ1) is 18.2. The number of hydrogen-bond acceptors (Lipinski definition) is 5. The summed E-state index contributed by atoms with van der Waals surface area (Å²) in [6.45, 7) is 0. The van der Waals surface area contributed by atoms with Gasteiger partial charge in [0.2, 0.25) is 17.7 Å². The van der Waals surface area contributed by atoms with Crippen molar-refractivity contribution in [2.24, 2.45) is 11.8 Å². The average molecular weight is 400 g/mol. The number of anilines is 1. The van der Waals surface area contributed by atoms with E-state index in [0.717, 1.165) is 49.1 Å². The van der Waals surface area contributed by atoms with Gasteiger partial charge in [0, 0.05) is 23.3 Å². The van der Waals surface area contributed by atoms with E-state index < -0.39 is 17.4 Å². The van der Waals surface area contributed by atoms with Crippen molar-refractivity contribution in [3.63, 3.8) is 0 Å². The van der Waals surface area contributed by atoms with E-state index in [1.807, 2.05) is 30.5 Å². The molecule has 1 aromatic rings. The maximum absolute atomic E-state index is 13.6. The molecule has 1 aliphatic carbocycles. The van der Waals surface area contributed by atoms with Gasteiger partial charge >= 0.3 is 0 Å². The minimum Gasteiger partial charge on any atom is -0.324 e. The molecular weight excluding hydrogens is 374 g/mol. The summed E-state index contributed by atoms with van der Waals surface area (Å²) in [6, 6.07) is 7.37. The van der Waals surface area contributed by atoms with Crippen LogP contribution in [0.15, 0.2) is 24.3 Å². The minimum atomic E-state index is -1.13. The van der Waals surface area contributed by atoms with Gasteiger partial charge in [0.15, 0.2) is 0 Å². The SMILES string of the molecule is CSCC[C@@H]1N[C@]2(C(=O)Nc3ccccc32)[C@@H]2C(=O)N(C3CCCC3)C(=O)[C@@H]12. The lowest BCUT2D eigenvalue weighted by molar-refractivity contribution is -0.145. The van der Waals surface area contributed by atoms with Gasteiger partial charge in [-0.05, 0) is 37.3 Å². The van der Waals surface area contributed by atoms with Gasteiger partial charge in [-0.25, -0.2) is 0 Å². The largest absolute Gasteiger partial charge is 0.324 e. The number of rotatable bonds is 4.